The van der Waals surface area contributed by atoms with E-state index in [1.165, 1.54) is 0 Å². The van der Waals surface area contributed by atoms with E-state index in [0.717, 1.165) is 39.6 Å². The summed E-state index contributed by atoms with van der Waals surface area (Å²) in [6, 6.07) is 20.2. The zero-order chi connectivity index (χ0) is 18.7. The van der Waals surface area contributed by atoms with Gasteiger partial charge in [-0.25, -0.2) is 0 Å². The van der Waals surface area contributed by atoms with Crippen molar-refractivity contribution in [3.63, 3.8) is 0 Å². The highest BCUT2D eigenvalue weighted by Gasteiger charge is 2.37. The monoisotopic (exact) mass is 389 g/mol. The molecule has 0 N–H and O–H groups in total. The fourth-order valence-electron chi connectivity index (χ4n) is 4.10. The van der Waals surface area contributed by atoms with E-state index in [1.54, 1.807) is 0 Å². The smallest absolute Gasteiger partial charge is 0.231 e. The maximum Gasteiger partial charge on any atom is 0.231 e. The summed E-state index contributed by atoms with van der Waals surface area (Å²) in [4.78, 5) is 2.22. The Morgan fingerprint density at radius 1 is 0.893 bits per heavy atom. The molecule has 4 nitrogen and oxygen atoms in total. The minimum Gasteiger partial charge on any atom is -0.454 e. The van der Waals surface area contributed by atoms with Crippen LogP contribution in [0.5, 0.6) is 11.5 Å². The van der Waals surface area contributed by atoms with Crippen molar-refractivity contribution in [2.75, 3.05) is 11.7 Å². The summed E-state index contributed by atoms with van der Waals surface area (Å²) in [7, 11) is 0. The second-order valence-electron chi connectivity index (χ2n) is 7.01. The molecule has 3 aromatic carbocycles. The van der Waals surface area contributed by atoms with E-state index in [2.05, 4.69) is 35.3 Å². The van der Waals surface area contributed by atoms with Crippen LogP contribution in [-0.4, -0.2) is 13.0 Å². The number of benzene rings is 3. The van der Waals surface area contributed by atoms with E-state index >= 15 is 0 Å². The van der Waals surface area contributed by atoms with Crippen LogP contribution in [0.3, 0.4) is 0 Å². The molecule has 0 saturated heterocycles. The van der Waals surface area contributed by atoms with Gasteiger partial charge in [-0.3, -0.25) is 0 Å². The van der Waals surface area contributed by atoms with Crippen molar-refractivity contribution in [1.29, 1.82) is 0 Å². The maximum absolute atomic E-state index is 6.56. The second-order valence-corrected chi connectivity index (χ2v) is 7.45. The molecule has 3 aromatic rings. The fourth-order valence-corrected chi connectivity index (χ4v) is 4.23. The van der Waals surface area contributed by atoms with Crippen LogP contribution in [0.4, 0.5) is 11.4 Å². The van der Waals surface area contributed by atoms with Crippen LogP contribution in [0.2, 0.25) is 5.02 Å². The lowest BCUT2D eigenvalue weighted by atomic mass is 9.94. The molecule has 0 saturated carbocycles. The molecule has 0 aromatic heterocycles. The second kappa shape index (κ2) is 6.03. The van der Waals surface area contributed by atoms with Crippen molar-refractivity contribution < 1.29 is 14.2 Å². The number of para-hydroxylation sites is 1. The van der Waals surface area contributed by atoms with E-state index in [0.29, 0.717) is 5.02 Å². The molecule has 0 bridgehead atoms. The summed E-state index contributed by atoms with van der Waals surface area (Å²) in [5.74, 6) is 1.52. The molecule has 0 amide bonds. The Hall–Kier alpha value is -2.95. The van der Waals surface area contributed by atoms with Gasteiger partial charge in [0.15, 0.2) is 17.7 Å². The number of hydrogen-bond acceptors (Lipinski definition) is 4. The highest BCUT2D eigenvalue weighted by atomic mass is 35.5. The summed E-state index contributed by atoms with van der Waals surface area (Å²) in [6.45, 7) is 0.241. The number of ether oxygens (including phenoxy) is 3. The average molecular weight is 390 g/mol. The largest absolute Gasteiger partial charge is 0.454 e. The van der Waals surface area contributed by atoms with Crippen molar-refractivity contribution in [3.05, 3.63) is 88.5 Å². The molecule has 3 aliphatic heterocycles. The molecule has 138 valence electrons. The lowest BCUT2D eigenvalue weighted by molar-refractivity contribution is 0.0301. The van der Waals surface area contributed by atoms with Gasteiger partial charge in [0.05, 0.1) is 11.4 Å². The van der Waals surface area contributed by atoms with Gasteiger partial charge in [-0.15, -0.1) is 0 Å². The van der Waals surface area contributed by atoms with Crippen LogP contribution in [0, 0.1) is 0 Å². The summed E-state index contributed by atoms with van der Waals surface area (Å²) >= 11 is 6.10. The van der Waals surface area contributed by atoms with Crippen LogP contribution < -0.4 is 14.4 Å². The van der Waals surface area contributed by atoms with Crippen molar-refractivity contribution in [2.45, 2.75) is 12.3 Å². The third-order valence-electron chi connectivity index (χ3n) is 5.40. The first-order valence-electron chi connectivity index (χ1n) is 9.19. The first kappa shape index (κ1) is 16.0. The Kier molecular flexibility index (Phi) is 3.45. The van der Waals surface area contributed by atoms with Gasteiger partial charge in [-0.1, -0.05) is 48.0 Å². The molecule has 3 aliphatic rings. The Bertz CT molecular complexity index is 1110. The Balaban J connectivity index is 1.57. The van der Waals surface area contributed by atoms with Crippen LogP contribution in [0.15, 0.2) is 66.7 Å². The van der Waals surface area contributed by atoms with E-state index in [4.69, 9.17) is 25.8 Å². The lowest BCUT2D eigenvalue weighted by Gasteiger charge is -2.43. The predicted molar refractivity (Wildman–Crippen MR) is 108 cm³/mol. The van der Waals surface area contributed by atoms with Gasteiger partial charge in [-0.05, 0) is 41.5 Å². The molecule has 6 rings (SSSR count). The zero-order valence-electron chi connectivity index (χ0n) is 14.8. The normalized spacial score (nSPS) is 21.1. The van der Waals surface area contributed by atoms with Gasteiger partial charge in [0.1, 0.15) is 6.10 Å². The maximum atomic E-state index is 6.56. The highest BCUT2D eigenvalue weighted by Crippen LogP contribution is 2.51. The van der Waals surface area contributed by atoms with Crippen LogP contribution in [-0.2, 0) is 4.74 Å². The number of fused-ring (bicyclic) bond motifs is 6. The summed E-state index contributed by atoms with van der Waals surface area (Å²) in [5.41, 5.74) is 5.45. The van der Waals surface area contributed by atoms with Crippen molar-refractivity contribution in [3.8, 4) is 11.5 Å². The van der Waals surface area contributed by atoms with E-state index in [9.17, 15) is 0 Å². The predicted octanol–water partition coefficient (Wildman–Crippen LogP) is 5.68. The molecule has 0 spiro atoms. The third kappa shape index (κ3) is 2.35. The molecule has 5 heteroatoms. The lowest BCUT2D eigenvalue weighted by Crippen LogP contribution is -2.40. The van der Waals surface area contributed by atoms with Crippen LogP contribution in [0.25, 0.3) is 6.08 Å². The van der Waals surface area contributed by atoms with Gasteiger partial charge in [-0.2, -0.15) is 0 Å². The van der Waals surface area contributed by atoms with E-state index in [-0.39, 0.29) is 19.1 Å². The Morgan fingerprint density at radius 2 is 1.68 bits per heavy atom. The minimum atomic E-state index is -0.224. The quantitative estimate of drug-likeness (QED) is 0.535. The first-order chi connectivity index (χ1) is 13.8. The Labute approximate surface area is 167 Å². The highest BCUT2D eigenvalue weighted by molar-refractivity contribution is 6.30. The van der Waals surface area contributed by atoms with Crippen molar-refractivity contribution in [2.24, 2.45) is 0 Å². The van der Waals surface area contributed by atoms with Gasteiger partial charge < -0.3 is 19.1 Å². The van der Waals surface area contributed by atoms with Crippen molar-refractivity contribution in [1.82, 2.24) is 0 Å². The molecule has 0 fully saturated rings. The first-order valence-corrected chi connectivity index (χ1v) is 9.57. The molecule has 0 aliphatic carbocycles. The third-order valence-corrected chi connectivity index (χ3v) is 5.66. The van der Waals surface area contributed by atoms with Gasteiger partial charge >= 0.3 is 0 Å². The number of hydrogen-bond donors (Lipinski definition) is 0. The number of rotatable bonds is 1. The summed E-state index contributed by atoms with van der Waals surface area (Å²) < 4.78 is 17.9. The van der Waals surface area contributed by atoms with Gasteiger partial charge in [0.2, 0.25) is 6.79 Å². The molecule has 2 atom stereocenters. The van der Waals surface area contributed by atoms with Crippen LogP contribution >= 0.6 is 11.6 Å². The van der Waals surface area contributed by atoms with Crippen molar-refractivity contribution >= 4 is 29.1 Å². The SMILES string of the molecule is Clc1ccc(C2OC3C=Cc4ccccc4N3c3cc4c(cc32)OCO4)cc1. The number of halogens is 1. The van der Waals surface area contributed by atoms with Gasteiger partial charge in [0, 0.05) is 16.7 Å². The molecule has 3 heterocycles. The summed E-state index contributed by atoms with van der Waals surface area (Å²) in [5, 5.41) is 0.707. The average Bonchev–Trinajstić information content (AvgIpc) is 3.19. The topological polar surface area (TPSA) is 30.9 Å². The molecule has 2 unspecified atom stereocenters. The molecule has 0 radical (unpaired) electrons. The molecular weight excluding hydrogens is 374 g/mol. The standard InChI is InChI=1S/C23H16ClNO3/c24-16-8-5-15(6-9-16)23-17-11-20-21(27-13-26-20)12-19(17)25-18-4-2-1-3-14(18)7-10-22(25)28-23/h1-12,22-23H,13H2. The fraction of sp³-hybridized carbons (Fsp3) is 0.130. The Morgan fingerprint density at radius 3 is 2.54 bits per heavy atom. The van der Waals surface area contributed by atoms with E-state index < -0.39 is 0 Å². The molecule has 28 heavy (non-hydrogen) atoms. The van der Waals surface area contributed by atoms with Gasteiger partial charge in [0.25, 0.3) is 0 Å². The van der Waals surface area contributed by atoms with E-state index in [1.807, 2.05) is 42.5 Å². The summed E-state index contributed by atoms with van der Waals surface area (Å²) in [6.07, 6.45) is 3.79. The van der Waals surface area contributed by atoms with Crippen LogP contribution in [0.1, 0.15) is 22.8 Å². The number of anilines is 2. The minimum absolute atomic E-state index is 0.205. The zero-order valence-corrected chi connectivity index (χ0v) is 15.6. The molecular formula is C23H16ClNO3. The number of nitrogens with zero attached hydrogens (tertiary/aromatic N) is 1.